The van der Waals surface area contributed by atoms with Crippen molar-refractivity contribution in [2.75, 3.05) is 6.61 Å². The molecule has 1 N–H and O–H groups in total. The highest BCUT2D eigenvalue weighted by molar-refractivity contribution is 7.12. The Morgan fingerprint density at radius 1 is 1.10 bits per heavy atom. The van der Waals surface area contributed by atoms with Gasteiger partial charge in [-0.3, -0.25) is 4.79 Å². The molecule has 0 bridgehead atoms. The molecule has 3 nitrogen and oxygen atoms in total. The Morgan fingerprint density at radius 2 is 1.93 bits per heavy atom. The lowest BCUT2D eigenvalue weighted by Crippen LogP contribution is -2.07. The lowest BCUT2D eigenvalue weighted by Gasteiger charge is -2.12. The van der Waals surface area contributed by atoms with Crippen LogP contribution in [0.2, 0.25) is 0 Å². The maximum atomic E-state index is 11.0. The van der Waals surface area contributed by atoms with Crippen LogP contribution in [0.15, 0.2) is 42.5 Å². The number of carboxylic acids is 1. The molecule has 0 saturated heterocycles. The third-order valence-electron chi connectivity index (χ3n) is 5.84. The second kappa shape index (κ2) is 8.03. The number of fused-ring (bicyclic) bond motifs is 1. The lowest BCUT2D eigenvalue weighted by molar-refractivity contribution is -0.137. The van der Waals surface area contributed by atoms with Crippen molar-refractivity contribution in [1.29, 1.82) is 0 Å². The molecule has 0 amide bonds. The molecule has 0 unspecified atom stereocenters. The predicted octanol–water partition coefficient (Wildman–Crippen LogP) is 6.08. The van der Waals surface area contributed by atoms with Crippen LogP contribution in [0.3, 0.4) is 0 Å². The molecule has 0 aliphatic carbocycles. The normalized spacial score (nSPS) is 15.2. The zero-order valence-electron chi connectivity index (χ0n) is 17.1. The average molecular weight is 407 g/mol. The van der Waals surface area contributed by atoms with Gasteiger partial charge in [-0.1, -0.05) is 30.3 Å². The van der Waals surface area contributed by atoms with E-state index in [0.29, 0.717) is 6.61 Å². The number of benzene rings is 2. The Morgan fingerprint density at radius 3 is 2.66 bits per heavy atom. The first-order valence-electron chi connectivity index (χ1n) is 10.1. The first-order chi connectivity index (χ1) is 13.9. The van der Waals surface area contributed by atoms with E-state index in [-0.39, 0.29) is 12.3 Å². The average Bonchev–Trinajstić information content (AvgIpc) is 3.22. The minimum atomic E-state index is -0.776. The summed E-state index contributed by atoms with van der Waals surface area (Å²) in [5.74, 6) is 0.0401. The molecule has 0 saturated carbocycles. The van der Waals surface area contributed by atoms with Crippen molar-refractivity contribution < 1.29 is 14.6 Å². The van der Waals surface area contributed by atoms with Gasteiger partial charge in [0.2, 0.25) is 0 Å². The van der Waals surface area contributed by atoms with Gasteiger partial charge in [0, 0.05) is 21.2 Å². The van der Waals surface area contributed by atoms with Crippen LogP contribution in [-0.2, 0) is 17.6 Å². The number of carbonyl (C=O) groups is 1. The van der Waals surface area contributed by atoms with Crippen LogP contribution in [0.5, 0.6) is 5.75 Å². The van der Waals surface area contributed by atoms with Crippen molar-refractivity contribution in [3.63, 3.8) is 0 Å². The molecule has 1 aliphatic heterocycles. The summed E-state index contributed by atoms with van der Waals surface area (Å²) in [5.41, 5.74) is 7.66. The van der Waals surface area contributed by atoms with Crippen molar-refractivity contribution >= 4 is 17.3 Å². The van der Waals surface area contributed by atoms with E-state index in [0.717, 1.165) is 24.2 Å². The summed E-state index contributed by atoms with van der Waals surface area (Å²) in [6.07, 6.45) is 2.03. The lowest BCUT2D eigenvalue weighted by atomic mass is 9.92. The summed E-state index contributed by atoms with van der Waals surface area (Å²) >= 11 is 1.85. The third-order valence-corrected chi connectivity index (χ3v) is 6.80. The van der Waals surface area contributed by atoms with Gasteiger partial charge in [-0.2, -0.15) is 0 Å². The van der Waals surface area contributed by atoms with Crippen molar-refractivity contribution in [2.45, 2.75) is 46.0 Å². The van der Waals surface area contributed by atoms with Gasteiger partial charge in [-0.25, -0.2) is 0 Å². The van der Waals surface area contributed by atoms with Crippen molar-refractivity contribution in [1.82, 2.24) is 0 Å². The number of ether oxygens (including phenoxy) is 1. The maximum Gasteiger partial charge on any atom is 0.304 e. The van der Waals surface area contributed by atoms with E-state index in [1.807, 2.05) is 17.4 Å². The number of carboxylic acid groups (broad SMARTS) is 1. The highest BCUT2D eigenvalue weighted by Gasteiger charge is 2.26. The molecule has 3 aromatic rings. The van der Waals surface area contributed by atoms with Crippen molar-refractivity contribution in [3.05, 3.63) is 74.5 Å². The van der Waals surface area contributed by atoms with E-state index in [2.05, 4.69) is 57.2 Å². The van der Waals surface area contributed by atoms with Crippen LogP contribution in [0.4, 0.5) is 0 Å². The minimum absolute atomic E-state index is 0.0345. The Balaban J connectivity index is 1.51. The largest absolute Gasteiger partial charge is 0.493 e. The molecule has 1 aliphatic rings. The molecule has 29 heavy (non-hydrogen) atoms. The highest BCUT2D eigenvalue weighted by Crippen LogP contribution is 2.37. The van der Waals surface area contributed by atoms with Gasteiger partial charge in [0.1, 0.15) is 5.75 Å². The molecular formula is C25H26O3S. The molecular weight excluding hydrogens is 380 g/mol. The SMILES string of the molecule is Cc1cc(-c2cccc(CCc3ccc4c(c3)OC[C@H]4CC(=O)O)c2C)c(C)s1. The first kappa shape index (κ1) is 19.7. The third kappa shape index (κ3) is 4.08. The summed E-state index contributed by atoms with van der Waals surface area (Å²) in [6, 6.07) is 15.1. The van der Waals surface area contributed by atoms with Gasteiger partial charge in [0.25, 0.3) is 0 Å². The zero-order chi connectivity index (χ0) is 20.5. The molecule has 0 radical (unpaired) electrons. The van der Waals surface area contributed by atoms with Gasteiger partial charge in [-0.15, -0.1) is 11.3 Å². The predicted molar refractivity (Wildman–Crippen MR) is 118 cm³/mol. The van der Waals surface area contributed by atoms with E-state index >= 15 is 0 Å². The zero-order valence-corrected chi connectivity index (χ0v) is 17.9. The number of hydrogen-bond donors (Lipinski definition) is 1. The van der Waals surface area contributed by atoms with Crippen LogP contribution in [0.1, 0.15) is 44.3 Å². The molecule has 0 fully saturated rings. The first-order valence-corrected chi connectivity index (χ1v) is 10.9. The van der Waals surface area contributed by atoms with Gasteiger partial charge in [0.15, 0.2) is 0 Å². The monoisotopic (exact) mass is 406 g/mol. The molecule has 2 heterocycles. The number of thiophene rings is 1. The van der Waals surface area contributed by atoms with Crippen LogP contribution >= 0.6 is 11.3 Å². The minimum Gasteiger partial charge on any atom is -0.493 e. The topological polar surface area (TPSA) is 46.5 Å². The van der Waals surface area contributed by atoms with Crippen molar-refractivity contribution in [2.24, 2.45) is 0 Å². The van der Waals surface area contributed by atoms with Crippen LogP contribution in [0.25, 0.3) is 11.1 Å². The summed E-state index contributed by atoms with van der Waals surface area (Å²) in [5, 5.41) is 9.06. The van der Waals surface area contributed by atoms with Gasteiger partial charge in [-0.05, 0) is 73.6 Å². The maximum absolute atomic E-state index is 11.0. The second-order valence-electron chi connectivity index (χ2n) is 7.89. The number of aliphatic carboxylic acids is 1. The fourth-order valence-electron chi connectivity index (χ4n) is 4.28. The Labute approximate surface area is 176 Å². The summed E-state index contributed by atoms with van der Waals surface area (Å²) < 4.78 is 5.76. The van der Waals surface area contributed by atoms with E-state index in [9.17, 15) is 4.79 Å². The Bertz CT molecular complexity index is 1060. The quantitative estimate of drug-likeness (QED) is 0.540. The van der Waals surface area contributed by atoms with E-state index in [1.165, 1.54) is 37.6 Å². The molecule has 2 aromatic carbocycles. The highest BCUT2D eigenvalue weighted by atomic mass is 32.1. The van der Waals surface area contributed by atoms with Crippen molar-refractivity contribution in [3.8, 4) is 16.9 Å². The number of rotatable bonds is 6. The standard InChI is InChI=1S/C25H26O3S/c1-15-11-23(17(3)29-15)21-6-4-5-19(16(21)2)9-7-18-8-10-22-20(13-25(26)27)14-28-24(22)12-18/h4-6,8,10-12,20H,7,9,13-14H2,1-3H3,(H,26,27)/t20-/m1/s1. The second-order valence-corrected chi connectivity index (χ2v) is 9.36. The molecule has 150 valence electrons. The summed E-state index contributed by atoms with van der Waals surface area (Å²) in [6.45, 7) is 7.05. The van der Waals surface area contributed by atoms with E-state index in [4.69, 9.17) is 9.84 Å². The molecule has 0 spiro atoms. The van der Waals surface area contributed by atoms with Crippen LogP contribution < -0.4 is 4.74 Å². The van der Waals surface area contributed by atoms with Gasteiger partial charge in [0.05, 0.1) is 13.0 Å². The molecule has 1 aromatic heterocycles. The Hall–Kier alpha value is -2.59. The fourth-order valence-corrected chi connectivity index (χ4v) is 5.22. The number of hydrogen-bond acceptors (Lipinski definition) is 3. The van der Waals surface area contributed by atoms with E-state index in [1.54, 1.807) is 0 Å². The van der Waals surface area contributed by atoms with Crippen LogP contribution in [-0.4, -0.2) is 17.7 Å². The van der Waals surface area contributed by atoms with E-state index < -0.39 is 5.97 Å². The smallest absolute Gasteiger partial charge is 0.304 e. The molecule has 4 rings (SSSR count). The van der Waals surface area contributed by atoms with Gasteiger partial charge < -0.3 is 9.84 Å². The fraction of sp³-hybridized carbons (Fsp3) is 0.320. The summed E-state index contributed by atoms with van der Waals surface area (Å²) in [4.78, 5) is 13.7. The van der Waals surface area contributed by atoms with Crippen LogP contribution in [0, 0.1) is 20.8 Å². The number of aryl methyl sites for hydroxylation is 4. The molecule has 1 atom stereocenters. The Kier molecular flexibility index (Phi) is 5.46. The molecule has 4 heteroatoms. The summed E-state index contributed by atoms with van der Waals surface area (Å²) in [7, 11) is 0. The van der Waals surface area contributed by atoms with Gasteiger partial charge >= 0.3 is 5.97 Å².